The predicted octanol–water partition coefficient (Wildman–Crippen LogP) is 10.1. The monoisotopic (exact) mass is 587 g/mol. The van der Waals surface area contributed by atoms with Gasteiger partial charge in [0.2, 0.25) is 0 Å². The van der Waals surface area contributed by atoms with Crippen LogP contribution in [-0.4, -0.2) is 18.3 Å². The molecular weight excluding hydrogens is 549 g/mol. The van der Waals surface area contributed by atoms with Gasteiger partial charge in [-0.1, -0.05) is 98.8 Å². The summed E-state index contributed by atoms with van der Waals surface area (Å²) < 4.78 is 12.7. The Bertz CT molecular complexity index is 2100. The molecule has 1 aliphatic carbocycles. The SMILES string of the molecule is CC1(C)c2ccccc2-c2ccc(N(c3ccc(B4OC(C)(C)C(C)(C)O4)cc3)c3ccc4c(ccc5ccccc54)c3)cc21. The highest BCUT2D eigenvalue weighted by Gasteiger charge is 2.51. The van der Waals surface area contributed by atoms with Gasteiger partial charge in [-0.2, -0.15) is 0 Å². The van der Waals surface area contributed by atoms with Crippen LogP contribution in [-0.2, 0) is 14.7 Å². The van der Waals surface area contributed by atoms with Crippen LogP contribution >= 0.6 is 0 Å². The Morgan fingerprint density at radius 3 is 1.84 bits per heavy atom. The number of fused-ring (bicyclic) bond motifs is 6. The molecule has 0 aromatic heterocycles. The second kappa shape index (κ2) is 9.81. The Hall–Kier alpha value is -4.38. The van der Waals surface area contributed by atoms with Gasteiger partial charge in [-0.15, -0.1) is 0 Å². The van der Waals surface area contributed by atoms with Gasteiger partial charge in [0.05, 0.1) is 11.2 Å². The maximum Gasteiger partial charge on any atom is 0.494 e. The summed E-state index contributed by atoms with van der Waals surface area (Å²) in [4.78, 5) is 2.38. The van der Waals surface area contributed by atoms with Crippen LogP contribution in [0.3, 0.4) is 0 Å². The zero-order valence-corrected chi connectivity index (χ0v) is 26.9. The highest BCUT2D eigenvalue weighted by Crippen LogP contribution is 2.50. The third kappa shape index (κ3) is 4.34. The lowest BCUT2D eigenvalue weighted by atomic mass is 9.79. The van der Waals surface area contributed by atoms with Crippen LogP contribution in [0.25, 0.3) is 32.7 Å². The number of nitrogens with zero attached hydrogens (tertiary/aromatic N) is 1. The summed E-state index contributed by atoms with van der Waals surface area (Å²) in [5, 5.41) is 5.02. The molecule has 0 radical (unpaired) electrons. The molecule has 1 aliphatic heterocycles. The Kier molecular flexibility index (Phi) is 6.13. The normalized spacial score (nSPS) is 17.4. The number of hydrogen-bond donors (Lipinski definition) is 0. The first-order valence-corrected chi connectivity index (χ1v) is 16.0. The molecule has 45 heavy (non-hydrogen) atoms. The van der Waals surface area contributed by atoms with Crippen molar-refractivity contribution in [3.8, 4) is 11.1 Å². The van der Waals surface area contributed by atoms with Crippen LogP contribution in [0.4, 0.5) is 17.1 Å². The van der Waals surface area contributed by atoms with Gasteiger partial charge in [-0.3, -0.25) is 0 Å². The van der Waals surface area contributed by atoms with E-state index >= 15 is 0 Å². The molecule has 0 atom stereocenters. The maximum atomic E-state index is 6.37. The second-order valence-electron chi connectivity index (χ2n) is 14.1. The van der Waals surface area contributed by atoms with E-state index in [1.807, 2.05) is 0 Å². The predicted molar refractivity (Wildman–Crippen MR) is 189 cm³/mol. The van der Waals surface area contributed by atoms with E-state index in [-0.39, 0.29) is 16.6 Å². The summed E-state index contributed by atoms with van der Waals surface area (Å²) >= 11 is 0. The molecule has 6 aromatic carbocycles. The van der Waals surface area contributed by atoms with Crippen molar-refractivity contribution >= 4 is 51.2 Å². The summed E-state index contributed by atoms with van der Waals surface area (Å²) in [6.07, 6.45) is 0. The lowest BCUT2D eigenvalue weighted by Gasteiger charge is -2.32. The highest BCUT2D eigenvalue weighted by atomic mass is 16.7. The van der Waals surface area contributed by atoms with Gasteiger partial charge >= 0.3 is 7.12 Å². The van der Waals surface area contributed by atoms with Gasteiger partial charge in [0, 0.05) is 22.5 Å². The molecule has 0 saturated carbocycles. The molecule has 6 aromatic rings. The molecule has 1 heterocycles. The van der Waals surface area contributed by atoms with Crippen molar-refractivity contribution in [1.82, 2.24) is 0 Å². The maximum absolute atomic E-state index is 6.37. The number of rotatable bonds is 4. The zero-order chi connectivity index (χ0) is 31.1. The van der Waals surface area contributed by atoms with Gasteiger partial charge in [0.1, 0.15) is 0 Å². The van der Waals surface area contributed by atoms with Gasteiger partial charge in [-0.25, -0.2) is 0 Å². The Balaban J connectivity index is 1.26. The van der Waals surface area contributed by atoms with E-state index in [4.69, 9.17) is 9.31 Å². The molecule has 0 unspecified atom stereocenters. The first kappa shape index (κ1) is 28.1. The van der Waals surface area contributed by atoms with Crippen LogP contribution in [0.1, 0.15) is 52.7 Å². The minimum absolute atomic E-state index is 0.0868. The minimum Gasteiger partial charge on any atom is -0.399 e. The molecule has 4 heteroatoms. The highest BCUT2D eigenvalue weighted by molar-refractivity contribution is 6.62. The summed E-state index contributed by atoms with van der Waals surface area (Å²) in [5.41, 5.74) is 8.90. The molecule has 0 spiro atoms. The smallest absolute Gasteiger partial charge is 0.399 e. The van der Waals surface area contributed by atoms with Crippen LogP contribution in [0.2, 0.25) is 0 Å². The molecule has 3 nitrogen and oxygen atoms in total. The van der Waals surface area contributed by atoms with Crippen LogP contribution in [0, 0.1) is 0 Å². The van der Waals surface area contributed by atoms with E-state index in [9.17, 15) is 0 Å². The number of anilines is 3. The van der Waals surface area contributed by atoms with Crippen LogP contribution < -0.4 is 10.4 Å². The quantitative estimate of drug-likeness (QED) is 0.151. The molecule has 222 valence electrons. The fourth-order valence-corrected chi connectivity index (χ4v) is 7.18. The van der Waals surface area contributed by atoms with E-state index in [2.05, 4.69) is 168 Å². The molecule has 8 rings (SSSR count). The largest absolute Gasteiger partial charge is 0.494 e. The fraction of sp³-hybridized carbons (Fsp3) is 0.220. The fourth-order valence-electron chi connectivity index (χ4n) is 7.18. The summed E-state index contributed by atoms with van der Waals surface area (Å²) in [6, 6.07) is 44.4. The first-order chi connectivity index (χ1) is 21.5. The van der Waals surface area contributed by atoms with E-state index in [0.717, 1.165) is 22.5 Å². The molecule has 1 fully saturated rings. The summed E-state index contributed by atoms with van der Waals surface area (Å²) in [5.74, 6) is 0. The van der Waals surface area contributed by atoms with Crippen molar-refractivity contribution < 1.29 is 9.31 Å². The van der Waals surface area contributed by atoms with E-state index in [1.165, 1.54) is 43.8 Å². The second-order valence-corrected chi connectivity index (χ2v) is 14.1. The van der Waals surface area contributed by atoms with E-state index in [0.29, 0.717) is 0 Å². The van der Waals surface area contributed by atoms with Gasteiger partial charge in [0.15, 0.2) is 0 Å². The Morgan fingerprint density at radius 1 is 0.489 bits per heavy atom. The first-order valence-electron chi connectivity index (χ1n) is 16.0. The lowest BCUT2D eigenvalue weighted by Crippen LogP contribution is -2.41. The average molecular weight is 588 g/mol. The standard InChI is InChI=1S/C41H38BNO2/c1-39(2)37-14-10-9-13-35(37)36-24-22-32(26-38(36)39)43(30-19-17-29(18-20-30)42-44-40(3,4)41(5,6)45-42)31-21-23-34-28(25-31)16-15-27-11-7-8-12-33(27)34/h7-26H,1-6H3. The molecule has 0 bridgehead atoms. The molecule has 0 N–H and O–H groups in total. The Morgan fingerprint density at radius 2 is 1.07 bits per heavy atom. The van der Waals surface area contributed by atoms with Crippen molar-refractivity contribution in [1.29, 1.82) is 0 Å². The molecule has 2 aliphatic rings. The van der Waals surface area contributed by atoms with Gasteiger partial charge < -0.3 is 14.2 Å². The van der Waals surface area contributed by atoms with Crippen LogP contribution in [0.15, 0.2) is 121 Å². The van der Waals surface area contributed by atoms with Crippen molar-refractivity contribution in [2.24, 2.45) is 0 Å². The lowest BCUT2D eigenvalue weighted by molar-refractivity contribution is 0.00578. The topological polar surface area (TPSA) is 21.7 Å². The number of hydrogen-bond acceptors (Lipinski definition) is 3. The van der Waals surface area contributed by atoms with Crippen molar-refractivity contribution in [2.45, 2.75) is 58.2 Å². The minimum atomic E-state index is -0.397. The molecule has 1 saturated heterocycles. The summed E-state index contributed by atoms with van der Waals surface area (Å²) in [6.45, 7) is 13.1. The third-order valence-corrected chi connectivity index (χ3v) is 10.5. The Labute approximate surface area is 266 Å². The molecule has 0 amide bonds. The van der Waals surface area contributed by atoms with Crippen molar-refractivity contribution in [3.63, 3.8) is 0 Å². The molecular formula is C41H38BNO2. The van der Waals surface area contributed by atoms with Crippen molar-refractivity contribution in [2.75, 3.05) is 4.90 Å². The average Bonchev–Trinajstić information content (AvgIpc) is 3.40. The zero-order valence-electron chi connectivity index (χ0n) is 26.9. The van der Waals surface area contributed by atoms with Gasteiger partial charge in [0.25, 0.3) is 0 Å². The summed E-state index contributed by atoms with van der Waals surface area (Å²) in [7, 11) is -0.397. The van der Waals surface area contributed by atoms with Gasteiger partial charge in [-0.05, 0) is 113 Å². The van der Waals surface area contributed by atoms with Crippen molar-refractivity contribution in [3.05, 3.63) is 132 Å². The number of benzene rings is 6. The van der Waals surface area contributed by atoms with Crippen LogP contribution in [0.5, 0.6) is 0 Å². The van der Waals surface area contributed by atoms with E-state index < -0.39 is 7.12 Å². The van der Waals surface area contributed by atoms with E-state index in [1.54, 1.807) is 0 Å². The third-order valence-electron chi connectivity index (χ3n) is 10.5.